The van der Waals surface area contributed by atoms with Crippen LogP contribution < -0.4 is 0 Å². The van der Waals surface area contributed by atoms with Gasteiger partial charge in [0.25, 0.3) is 0 Å². The summed E-state index contributed by atoms with van der Waals surface area (Å²) in [6.45, 7) is 3.71. The van der Waals surface area contributed by atoms with Crippen molar-refractivity contribution in [3.63, 3.8) is 0 Å². The first-order valence-corrected chi connectivity index (χ1v) is 9.97. The van der Waals surface area contributed by atoms with Crippen molar-refractivity contribution in [1.82, 2.24) is 9.80 Å². The molecular weight excluding hydrogens is 360 g/mol. The molecule has 0 bridgehead atoms. The second-order valence-electron chi connectivity index (χ2n) is 7.09. The van der Waals surface area contributed by atoms with Crippen molar-refractivity contribution in [2.45, 2.75) is 25.4 Å². The highest BCUT2D eigenvalue weighted by atomic mass is 35.5. The minimum absolute atomic E-state index is 0.229. The lowest BCUT2D eigenvalue weighted by Gasteiger charge is -2.35. The van der Waals surface area contributed by atoms with Crippen molar-refractivity contribution in [3.05, 3.63) is 70.7 Å². The lowest BCUT2D eigenvalue weighted by Crippen LogP contribution is -2.49. The molecule has 1 heterocycles. The molecule has 2 aromatic carbocycles. The Morgan fingerprint density at radius 3 is 2.33 bits per heavy atom. The molecule has 3 rings (SSSR count). The first-order chi connectivity index (χ1) is 13.1. The number of aliphatic hydroxyl groups excluding tert-OH is 1. The molecule has 27 heavy (non-hydrogen) atoms. The van der Waals surface area contributed by atoms with Crippen LogP contribution in [0, 0.1) is 0 Å². The molecule has 1 atom stereocenters. The van der Waals surface area contributed by atoms with Crippen LogP contribution >= 0.6 is 11.6 Å². The van der Waals surface area contributed by atoms with E-state index in [1.165, 1.54) is 5.56 Å². The van der Waals surface area contributed by atoms with Gasteiger partial charge in [0.15, 0.2) is 0 Å². The van der Waals surface area contributed by atoms with Crippen molar-refractivity contribution in [2.24, 2.45) is 0 Å². The van der Waals surface area contributed by atoms with Crippen molar-refractivity contribution < 1.29 is 9.90 Å². The lowest BCUT2D eigenvalue weighted by molar-refractivity contribution is -0.133. The molecule has 0 radical (unpaired) electrons. The van der Waals surface area contributed by atoms with Crippen LogP contribution in [0.4, 0.5) is 0 Å². The summed E-state index contributed by atoms with van der Waals surface area (Å²) in [5.74, 6) is 0.229. The molecule has 1 N–H and O–H groups in total. The number of carbonyl (C=O) groups excluding carboxylic acids is 1. The summed E-state index contributed by atoms with van der Waals surface area (Å²) in [6, 6.07) is 17.6. The Kier molecular flexibility index (Phi) is 7.27. The van der Waals surface area contributed by atoms with Gasteiger partial charge in [-0.2, -0.15) is 0 Å². The van der Waals surface area contributed by atoms with Gasteiger partial charge in [-0.15, -0.1) is 0 Å². The molecule has 1 aliphatic rings. The van der Waals surface area contributed by atoms with Crippen molar-refractivity contribution in [1.29, 1.82) is 0 Å². The average Bonchev–Trinajstić information content (AvgIpc) is 2.70. The van der Waals surface area contributed by atoms with Gasteiger partial charge in [0, 0.05) is 44.2 Å². The molecule has 1 aliphatic heterocycles. The number of carbonyl (C=O) groups is 1. The highest BCUT2D eigenvalue weighted by molar-refractivity contribution is 6.30. The van der Waals surface area contributed by atoms with Crippen LogP contribution in [0.25, 0.3) is 0 Å². The number of hydrogen-bond acceptors (Lipinski definition) is 3. The quantitative estimate of drug-likeness (QED) is 0.791. The number of piperazine rings is 1. The number of rotatable bonds is 7. The zero-order valence-electron chi connectivity index (χ0n) is 15.6. The van der Waals surface area contributed by atoms with E-state index in [0.717, 1.165) is 49.6 Å². The van der Waals surface area contributed by atoms with Crippen molar-refractivity contribution >= 4 is 17.5 Å². The van der Waals surface area contributed by atoms with Gasteiger partial charge < -0.3 is 10.0 Å². The fourth-order valence-electron chi connectivity index (χ4n) is 3.46. The maximum absolute atomic E-state index is 12.4. The zero-order valence-corrected chi connectivity index (χ0v) is 16.3. The van der Waals surface area contributed by atoms with Gasteiger partial charge in [-0.1, -0.05) is 54.1 Å². The molecule has 4 nitrogen and oxygen atoms in total. The summed E-state index contributed by atoms with van der Waals surface area (Å²) in [5, 5.41) is 11.1. The monoisotopic (exact) mass is 386 g/mol. The third-order valence-corrected chi connectivity index (χ3v) is 5.36. The average molecular weight is 387 g/mol. The molecule has 144 valence electrons. The van der Waals surface area contributed by atoms with E-state index in [4.69, 9.17) is 11.6 Å². The largest absolute Gasteiger partial charge is 0.387 e. The van der Waals surface area contributed by atoms with Gasteiger partial charge in [-0.3, -0.25) is 9.69 Å². The van der Waals surface area contributed by atoms with E-state index in [0.29, 0.717) is 13.0 Å². The Hall–Kier alpha value is -1.88. The van der Waals surface area contributed by atoms with E-state index in [1.54, 1.807) is 0 Å². The molecular formula is C22H27ClN2O2. The van der Waals surface area contributed by atoms with Gasteiger partial charge in [0.05, 0.1) is 6.10 Å². The van der Waals surface area contributed by atoms with Gasteiger partial charge in [0.1, 0.15) is 0 Å². The van der Waals surface area contributed by atoms with Gasteiger partial charge >= 0.3 is 0 Å². The van der Waals surface area contributed by atoms with Crippen molar-refractivity contribution in [3.8, 4) is 0 Å². The summed E-state index contributed by atoms with van der Waals surface area (Å²) >= 11 is 5.90. The topological polar surface area (TPSA) is 43.8 Å². The van der Waals surface area contributed by atoms with Gasteiger partial charge in [-0.25, -0.2) is 0 Å². The van der Waals surface area contributed by atoms with Crippen LogP contribution in [0.15, 0.2) is 54.6 Å². The Balaban J connectivity index is 1.37. The van der Waals surface area contributed by atoms with Crippen LogP contribution in [0.2, 0.25) is 5.02 Å². The number of β-amino-alcohol motifs (C(OH)–C–C–N with tert-alkyl or cyclic N) is 1. The highest BCUT2D eigenvalue weighted by Crippen LogP contribution is 2.16. The molecule has 2 aromatic rings. The number of halogens is 1. The SMILES string of the molecule is O=C(CCCc1ccc(Cl)cc1)N1CCN(CC(O)c2ccccc2)CC1. The summed E-state index contributed by atoms with van der Waals surface area (Å²) in [6.07, 6.45) is 1.85. The summed E-state index contributed by atoms with van der Waals surface area (Å²) < 4.78 is 0. The molecule has 0 aromatic heterocycles. The molecule has 0 aliphatic carbocycles. The third-order valence-electron chi connectivity index (χ3n) is 5.11. The number of aliphatic hydroxyl groups is 1. The first kappa shape index (κ1) is 19.9. The minimum Gasteiger partial charge on any atom is -0.387 e. The highest BCUT2D eigenvalue weighted by Gasteiger charge is 2.22. The molecule has 0 spiro atoms. The number of nitrogens with zero attached hydrogens (tertiary/aromatic N) is 2. The Labute approximate surface area is 166 Å². The van der Waals surface area contributed by atoms with Crippen LogP contribution in [0.5, 0.6) is 0 Å². The Bertz CT molecular complexity index is 713. The second-order valence-corrected chi connectivity index (χ2v) is 7.52. The lowest BCUT2D eigenvalue weighted by atomic mass is 10.1. The predicted octanol–water partition coefficient (Wildman–Crippen LogP) is 3.54. The van der Waals surface area contributed by atoms with E-state index in [-0.39, 0.29) is 5.91 Å². The number of amides is 1. The fraction of sp³-hybridized carbons (Fsp3) is 0.409. The molecule has 0 saturated carbocycles. The number of benzene rings is 2. The fourth-order valence-corrected chi connectivity index (χ4v) is 3.58. The smallest absolute Gasteiger partial charge is 0.222 e. The van der Waals surface area contributed by atoms with Gasteiger partial charge in [0.2, 0.25) is 5.91 Å². The summed E-state index contributed by atoms with van der Waals surface area (Å²) in [7, 11) is 0. The normalized spacial score (nSPS) is 16.3. The minimum atomic E-state index is -0.479. The third kappa shape index (κ3) is 6.06. The summed E-state index contributed by atoms with van der Waals surface area (Å²) in [4.78, 5) is 16.6. The molecule has 1 amide bonds. The van der Waals surface area contributed by atoms with E-state index in [2.05, 4.69) is 4.90 Å². The van der Waals surface area contributed by atoms with Crippen LogP contribution in [0.3, 0.4) is 0 Å². The van der Waals surface area contributed by atoms with Crippen LogP contribution in [0.1, 0.15) is 30.1 Å². The first-order valence-electron chi connectivity index (χ1n) is 9.59. The standard InChI is InChI=1S/C22H27ClN2O2/c23-20-11-9-18(10-12-20)5-4-8-22(27)25-15-13-24(14-16-25)17-21(26)19-6-2-1-3-7-19/h1-3,6-7,9-12,21,26H,4-5,8,13-17H2. The maximum Gasteiger partial charge on any atom is 0.222 e. The number of aryl methyl sites for hydroxylation is 1. The Morgan fingerprint density at radius 1 is 1.00 bits per heavy atom. The molecule has 5 heteroatoms. The maximum atomic E-state index is 12.4. The van der Waals surface area contributed by atoms with Crippen molar-refractivity contribution in [2.75, 3.05) is 32.7 Å². The molecule has 1 fully saturated rings. The zero-order chi connectivity index (χ0) is 19.1. The summed E-state index contributed by atoms with van der Waals surface area (Å²) in [5.41, 5.74) is 2.16. The molecule has 1 unspecified atom stereocenters. The Morgan fingerprint density at radius 2 is 1.67 bits per heavy atom. The number of hydrogen-bond donors (Lipinski definition) is 1. The van der Waals surface area contributed by atoms with Crippen LogP contribution in [-0.4, -0.2) is 53.5 Å². The van der Waals surface area contributed by atoms with Gasteiger partial charge in [-0.05, 0) is 36.1 Å². The predicted molar refractivity (Wildman–Crippen MR) is 109 cm³/mol. The second kappa shape index (κ2) is 9.88. The van der Waals surface area contributed by atoms with Crippen LogP contribution in [-0.2, 0) is 11.2 Å². The van der Waals surface area contributed by atoms with E-state index in [1.807, 2.05) is 59.5 Å². The van der Waals surface area contributed by atoms with E-state index >= 15 is 0 Å². The molecule has 1 saturated heterocycles. The van der Waals surface area contributed by atoms with E-state index in [9.17, 15) is 9.90 Å². The van der Waals surface area contributed by atoms with E-state index < -0.39 is 6.10 Å².